The zero-order chi connectivity index (χ0) is 13.1. The molecule has 0 aliphatic carbocycles. The Bertz CT molecular complexity index is 620. The number of hydrogen-bond acceptors (Lipinski definition) is 4. The first-order chi connectivity index (χ1) is 8.61. The number of nitriles is 1. The number of benzene rings is 1. The second kappa shape index (κ2) is 4.67. The van der Waals surface area contributed by atoms with Crippen LogP contribution >= 0.6 is 0 Å². The molecule has 0 radical (unpaired) electrons. The van der Waals surface area contributed by atoms with Crippen LogP contribution in [0.5, 0.6) is 0 Å². The number of ketones is 1. The number of H-pyrrole nitrogens is 1. The Morgan fingerprint density at radius 1 is 1.44 bits per heavy atom. The first-order valence-corrected chi connectivity index (χ1v) is 5.27. The van der Waals surface area contributed by atoms with E-state index >= 15 is 0 Å². The molecule has 1 aromatic heterocycles. The van der Waals surface area contributed by atoms with Crippen molar-refractivity contribution < 1.29 is 9.59 Å². The predicted molar refractivity (Wildman–Crippen MR) is 64.5 cm³/mol. The SMILES string of the molecule is CC(=O)C(C#N)C(=O)Nc1nc2ccccc2[nH]1. The van der Waals surface area contributed by atoms with E-state index < -0.39 is 17.6 Å². The Morgan fingerprint density at radius 2 is 2.17 bits per heavy atom. The number of imidazole rings is 1. The summed E-state index contributed by atoms with van der Waals surface area (Å²) in [6, 6.07) is 8.90. The lowest BCUT2D eigenvalue weighted by molar-refractivity contribution is -0.127. The summed E-state index contributed by atoms with van der Waals surface area (Å²) < 4.78 is 0. The minimum absolute atomic E-state index is 0.225. The Kier molecular flexibility index (Phi) is 3.06. The van der Waals surface area contributed by atoms with Gasteiger partial charge in [-0.2, -0.15) is 5.26 Å². The largest absolute Gasteiger partial charge is 0.324 e. The van der Waals surface area contributed by atoms with E-state index in [4.69, 9.17) is 5.26 Å². The molecule has 2 N–H and O–H groups in total. The second-order valence-electron chi connectivity index (χ2n) is 3.76. The number of carbonyl (C=O) groups excluding carboxylic acids is 2. The minimum atomic E-state index is -1.31. The lowest BCUT2D eigenvalue weighted by Gasteiger charge is -2.03. The Hall–Kier alpha value is -2.68. The Morgan fingerprint density at radius 3 is 2.78 bits per heavy atom. The number of para-hydroxylation sites is 2. The van der Waals surface area contributed by atoms with Gasteiger partial charge in [-0.1, -0.05) is 12.1 Å². The van der Waals surface area contributed by atoms with E-state index in [2.05, 4.69) is 15.3 Å². The monoisotopic (exact) mass is 242 g/mol. The van der Waals surface area contributed by atoms with Crippen LogP contribution in [0.25, 0.3) is 11.0 Å². The number of amides is 1. The Labute approximate surface area is 103 Å². The molecule has 0 aliphatic heterocycles. The molecule has 1 heterocycles. The van der Waals surface area contributed by atoms with Gasteiger partial charge in [-0.25, -0.2) is 4.98 Å². The van der Waals surface area contributed by atoms with Gasteiger partial charge >= 0.3 is 0 Å². The number of aromatic amines is 1. The molecule has 0 aliphatic rings. The molecule has 1 unspecified atom stereocenters. The maximum atomic E-state index is 11.6. The van der Waals surface area contributed by atoms with Crippen molar-refractivity contribution in [1.29, 1.82) is 5.26 Å². The number of Topliss-reactive ketones (excluding diaryl/α,β-unsaturated/α-hetero) is 1. The molecule has 90 valence electrons. The fourth-order valence-corrected chi connectivity index (χ4v) is 1.54. The van der Waals surface area contributed by atoms with Crippen molar-refractivity contribution in [2.45, 2.75) is 6.92 Å². The molecule has 1 aromatic carbocycles. The fraction of sp³-hybridized carbons (Fsp3) is 0.167. The molecule has 18 heavy (non-hydrogen) atoms. The molecule has 0 saturated carbocycles. The first kappa shape index (κ1) is 11.8. The minimum Gasteiger partial charge on any atom is -0.324 e. The molecule has 0 spiro atoms. The van der Waals surface area contributed by atoms with Crippen molar-refractivity contribution in [3.63, 3.8) is 0 Å². The van der Waals surface area contributed by atoms with E-state index in [1.54, 1.807) is 12.1 Å². The van der Waals surface area contributed by atoms with Gasteiger partial charge < -0.3 is 4.98 Å². The average molecular weight is 242 g/mol. The lowest BCUT2D eigenvalue weighted by Crippen LogP contribution is -2.27. The number of nitrogens with one attached hydrogen (secondary N) is 2. The van der Waals surface area contributed by atoms with E-state index in [1.165, 1.54) is 6.92 Å². The number of nitrogens with zero attached hydrogens (tertiary/aromatic N) is 2. The van der Waals surface area contributed by atoms with Crippen LogP contribution in [0.15, 0.2) is 24.3 Å². The summed E-state index contributed by atoms with van der Waals surface area (Å²) in [6.45, 7) is 1.20. The molecule has 6 nitrogen and oxygen atoms in total. The molecule has 0 bridgehead atoms. The van der Waals surface area contributed by atoms with Crippen LogP contribution in [0.2, 0.25) is 0 Å². The van der Waals surface area contributed by atoms with Crippen molar-refractivity contribution in [3.05, 3.63) is 24.3 Å². The maximum Gasteiger partial charge on any atom is 0.251 e. The van der Waals surface area contributed by atoms with E-state index in [0.29, 0.717) is 5.52 Å². The summed E-state index contributed by atoms with van der Waals surface area (Å²) in [4.78, 5) is 29.7. The summed E-state index contributed by atoms with van der Waals surface area (Å²) in [7, 11) is 0. The van der Waals surface area contributed by atoms with Crippen LogP contribution in [0.4, 0.5) is 5.95 Å². The van der Waals surface area contributed by atoms with E-state index in [9.17, 15) is 9.59 Å². The van der Waals surface area contributed by atoms with Crippen LogP contribution in [0, 0.1) is 17.2 Å². The van der Waals surface area contributed by atoms with E-state index in [0.717, 1.165) is 5.52 Å². The van der Waals surface area contributed by atoms with Gasteiger partial charge in [0.2, 0.25) is 5.95 Å². The molecular formula is C12H10N4O2. The van der Waals surface area contributed by atoms with Crippen molar-refractivity contribution in [1.82, 2.24) is 9.97 Å². The van der Waals surface area contributed by atoms with E-state index in [-0.39, 0.29) is 5.95 Å². The fourth-order valence-electron chi connectivity index (χ4n) is 1.54. The van der Waals surface area contributed by atoms with Crippen LogP contribution in [0.1, 0.15) is 6.92 Å². The number of hydrogen-bond donors (Lipinski definition) is 2. The molecule has 1 atom stereocenters. The summed E-state index contributed by atoms with van der Waals surface area (Å²) in [6.07, 6.45) is 0. The highest BCUT2D eigenvalue weighted by molar-refractivity contribution is 6.08. The normalized spacial score (nSPS) is 11.8. The smallest absolute Gasteiger partial charge is 0.251 e. The third kappa shape index (κ3) is 2.20. The second-order valence-corrected chi connectivity index (χ2v) is 3.76. The van der Waals surface area contributed by atoms with Gasteiger partial charge in [0.25, 0.3) is 5.91 Å². The zero-order valence-corrected chi connectivity index (χ0v) is 9.60. The number of anilines is 1. The molecule has 2 aromatic rings. The van der Waals surface area contributed by atoms with Gasteiger partial charge in [-0.05, 0) is 19.1 Å². The highest BCUT2D eigenvalue weighted by Gasteiger charge is 2.23. The van der Waals surface area contributed by atoms with Gasteiger partial charge in [0.1, 0.15) is 0 Å². The van der Waals surface area contributed by atoms with Gasteiger partial charge in [0.15, 0.2) is 11.7 Å². The van der Waals surface area contributed by atoms with Gasteiger partial charge in [0, 0.05) is 0 Å². The lowest BCUT2D eigenvalue weighted by atomic mass is 10.1. The number of rotatable bonds is 3. The van der Waals surface area contributed by atoms with Gasteiger partial charge in [-0.15, -0.1) is 0 Å². The summed E-state index contributed by atoms with van der Waals surface area (Å²) in [5, 5.41) is 11.1. The van der Waals surface area contributed by atoms with Crippen molar-refractivity contribution in [2.24, 2.45) is 5.92 Å². The molecular weight excluding hydrogens is 232 g/mol. The molecule has 2 rings (SSSR count). The molecule has 6 heteroatoms. The van der Waals surface area contributed by atoms with Gasteiger partial charge in [-0.3, -0.25) is 14.9 Å². The van der Waals surface area contributed by atoms with Crippen LogP contribution < -0.4 is 5.32 Å². The average Bonchev–Trinajstić information content (AvgIpc) is 2.71. The quantitative estimate of drug-likeness (QED) is 0.790. The van der Waals surface area contributed by atoms with Gasteiger partial charge in [0.05, 0.1) is 17.1 Å². The molecule has 0 saturated heterocycles. The van der Waals surface area contributed by atoms with E-state index in [1.807, 2.05) is 18.2 Å². The van der Waals surface area contributed by atoms with Crippen molar-refractivity contribution in [2.75, 3.05) is 5.32 Å². The van der Waals surface area contributed by atoms with Crippen LogP contribution in [0.3, 0.4) is 0 Å². The predicted octanol–water partition coefficient (Wildman–Crippen LogP) is 1.23. The molecule has 1 amide bonds. The highest BCUT2D eigenvalue weighted by Crippen LogP contribution is 2.14. The molecule has 0 fully saturated rings. The summed E-state index contributed by atoms with van der Waals surface area (Å²) in [5.74, 6) is -2.25. The maximum absolute atomic E-state index is 11.6. The van der Waals surface area contributed by atoms with Crippen molar-refractivity contribution in [3.8, 4) is 6.07 Å². The topological polar surface area (TPSA) is 98.6 Å². The van der Waals surface area contributed by atoms with Crippen LogP contribution in [-0.2, 0) is 9.59 Å². The third-order valence-electron chi connectivity index (χ3n) is 2.43. The number of fused-ring (bicyclic) bond motifs is 1. The standard InChI is InChI=1S/C12H10N4O2/c1-7(17)8(6-13)11(18)16-12-14-9-4-2-3-5-10(9)15-12/h2-5,8H,1H3,(H2,14,15,16,18). The first-order valence-electron chi connectivity index (χ1n) is 5.27. The number of aromatic nitrogens is 2. The summed E-state index contributed by atoms with van der Waals surface area (Å²) in [5.41, 5.74) is 1.47. The highest BCUT2D eigenvalue weighted by atomic mass is 16.2. The summed E-state index contributed by atoms with van der Waals surface area (Å²) >= 11 is 0. The number of carbonyl (C=O) groups is 2. The zero-order valence-electron chi connectivity index (χ0n) is 9.60. The van der Waals surface area contributed by atoms with Crippen molar-refractivity contribution >= 4 is 28.7 Å². The van der Waals surface area contributed by atoms with Crippen LogP contribution in [-0.4, -0.2) is 21.7 Å². The Balaban J connectivity index is 2.21. The third-order valence-corrected chi connectivity index (χ3v) is 2.43.